The third-order valence-corrected chi connectivity index (χ3v) is 4.85. The van der Waals surface area contributed by atoms with E-state index in [-0.39, 0.29) is 0 Å². The molecule has 2 heteroatoms. The Balaban J connectivity index is 2.65. The Bertz CT molecular complexity index is 313. The van der Waals surface area contributed by atoms with Crippen molar-refractivity contribution in [2.45, 2.75) is 37.9 Å². The summed E-state index contributed by atoms with van der Waals surface area (Å²) >= 11 is 6.38. The first kappa shape index (κ1) is 13.5. The van der Waals surface area contributed by atoms with Crippen molar-refractivity contribution in [1.29, 1.82) is 0 Å². The molecule has 88 valence electrons. The highest BCUT2D eigenvalue weighted by Gasteiger charge is 2.19. The lowest BCUT2D eigenvalue weighted by Gasteiger charge is -2.19. The van der Waals surface area contributed by atoms with E-state index < -0.39 is 7.38 Å². The van der Waals surface area contributed by atoms with E-state index in [1.807, 2.05) is 6.08 Å². The normalized spacial score (nSPS) is 13.4. The molecule has 0 heterocycles. The molecule has 0 amide bonds. The minimum Gasteiger partial charge on any atom is -0.168 e. The average molecular weight is 253 g/mol. The first-order valence-electron chi connectivity index (χ1n) is 5.87. The van der Waals surface area contributed by atoms with Gasteiger partial charge in [-0.05, 0) is 30.4 Å². The van der Waals surface area contributed by atoms with Crippen LogP contribution in [0.1, 0.15) is 24.3 Å². The second-order valence-electron chi connectivity index (χ2n) is 4.89. The highest BCUT2D eigenvalue weighted by Crippen LogP contribution is 2.29. The minimum absolute atomic E-state index is 0.587. The predicted molar refractivity (Wildman–Crippen MR) is 76.8 cm³/mol. The summed E-state index contributed by atoms with van der Waals surface area (Å²) in [5.41, 5.74) is 1.41. The Morgan fingerprint density at radius 3 is 2.44 bits per heavy atom. The zero-order chi connectivity index (χ0) is 12.0. The Hall–Kier alpha value is -0.533. The number of allylic oxidation sites excluding steroid dienone is 1. The summed E-state index contributed by atoms with van der Waals surface area (Å²) in [6.45, 7) is 8.27. The number of benzene rings is 1. The van der Waals surface area contributed by atoms with Crippen LogP contribution in [-0.2, 0) is 0 Å². The van der Waals surface area contributed by atoms with Crippen molar-refractivity contribution in [2.24, 2.45) is 0 Å². The molecule has 0 N–H and O–H groups in total. The van der Waals surface area contributed by atoms with Crippen LogP contribution in [0.2, 0.25) is 19.1 Å². The minimum atomic E-state index is -1.44. The van der Waals surface area contributed by atoms with Gasteiger partial charge in [0, 0.05) is 0 Å². The van der Waals surface area contributed by atoms with Crippen LogP contribution < -0.4 is 0 Å². The van der Waals surface area contributed by atoms with Gasteiger partial charge in [0.15, 0.2) is 7.38 Å². The van der Waals surface area contributed by atoms with Gasteiger partial charge in [-0.25, -0.2) is 0 Å². The van der Waals surface area contributed by atoms with Gasteiger partial charge < -0.3 is 0 Å². The van der Waals surface area contributed by atoms with Crippen LogP contribution in [0, 0.1) is 0 Å². The van der Waals surface area contributed by atoms with Crippen molar-refractivity contribution >= 4 is 18.5 Å². The van der Waals surface area contributed by atoms with Crippen LogP contribution in [0.15, 0.2) is 43.0 Å². The van der Waals surface area contributed by atoms with Crippen LogP contribution in [-0.4, -0.2) is 7.38 Å². The molecule has 16 heavy (non-hydrogen) atoms. The number of rotatable bonds is 6. The highest BCUT2D eigenvalue weighted by atomic mass is 35.6. The maximum absolute atomic E-state index is 6.38. The fourth-order valence-electron chi connectivity index (χ4n) is 1.86. The van der Waals surface area contributed by atoms with E-state index >= 15 is 0 Å². The largest absolute Gasteiger partial charge is 0.168 e. The van der Waals surface area contributed by atoms with Crippen molar-refractivity contribution in [2.75, 3.05) is 0 Å². The van der Waals surface area contributed by atoms with Crippen LogP contribution >= 0.6 is 11.1 Å². The second kappa shape index (κ2) is 6.26. The van der Waals surface area contributed by atoms with Crippen molar-refractivity contribution in [3.8, 4) is 0 Å². The molecule has 0 aliphatic carbocycles. The molecule has 1 aromatic carbocycles. The molecule has 0 fully saturated rings. The fourth-order valence-corrected chi connectivity index (χ4v) is 3.23. The van der Waals surface area contributed by atoms with E-state index in [9.17, 15) is 0 Å². The maximum atomic E-state index is 6.38. The smallest absolute Gasteiger partial charge is 0.150 e. The van der Waals surface area contributed by atoms with Crippen LogP contribution in [0.25, 0.3) is 0 Å². The van der Waals surface area contributed by atoms with E-state index in [4.69, 9.17) is 11.1 Å². The van der Waals surface area contributed by atoms with E-state index in [0.29, 0.717) is 5.92 Å². The summed E-state index contributed by atoms with van der Waals surface area (Å²) in [7, 11) is -1.44. The SMILES string of the molecule is C=CCC(CC[Si](C)(C)Cl)c1ccccc1. The molecule has 0 spiro atoms. The third-order valence-electron chi connectivity index (χ3n) is 2.81. The van der Waals surface area contributed by atoms with E-state index in [1.54, 1.807) is 0 Å². The van der Waals surface area contributed by atoms with Crippen LogP contribution in [0.4, 0.5) is 0 Å². The molecule has 0 bridgehead atoms. The molecule has 1 rings (SSSR count). The van der Waals surface area contributed by atoms with Gasteiger partial charge in [0.05, 0.1) is 0 Å². The van der Waals surface area contributed by atoms with Gasteiger partial charge in [-0.1, -0.05) is 49.5 Å². The van der Waals surface area contributed by atoms with Crippen molar-refractivity contribution in [1.82, 2.24) is 0 Å². The summed E-state index contributed by atoms with van der Waals surface area (Å²) in [5.74, 6) is 0.587. The van der Waals surface area contributed by atoms with Crippen LogP contribution in [0.5, 0.6) is 0 Å². The maximum Gasteiger partial charge on any atom is 0.150 e. The molecule has 0 saturated carbocycles. The van der Waals surface area contributed by atoms with Gasteiger partial charge in [-0.2, -0.15) is 11.1 Å². The zero-order valence-corrected chi connectivity index (χ0v) is 12.0. The Kier molecular flexibility index (Phi) is 5.30. The molecule has 0 radical (unpaired) electrons. The lowest BCUT2D eigenvalue weighted by Crippen LogP contribution is -2.17. The fraction of sp³-hybridized carbons (Fsp3) is 0.429. The van der Waals surface area contributed by atoms with Gasteiger partial charge in [-0.3, -0.25) is 0 Å². The molecule has 1 unspecified atom stereocenters. The summed E-state index contributed by atoms with van der Waals surface area (Å²) < 4.78 is 0. The van der Waals surface area contributed by atoms with E-state index in [2.05, 4.69) is 50.0 Å². The van der Waals surface area contributed by atoms with E-state index in [1.165, 1.54) is 18.0 Å². The van der Waals surface area contributed by atoms with E-state index in [0.717, 1.165) is 6.42 Å². The zero-order valence-electron chi connectivity index (χ0n) is 10.2. The van der Waals surface area contributed by atoms with Crippen molar-refractivity contribution < 1.29 is 0 Å². The molecular formula is C14H21ClSi. The monoisotopic (exact) mass is 252 g/mol. The summed E-state index contributed by atoms with van der Waals surface area (Å²) in [4.78, 5) is 0. The summed E-state index contributed by atoms with van der Waals surface area (Å²) in [6, 6.07) is 11.9. The Morgan fingerprint density at radius 1 is 1.31 bits per heavy atom. The quantitative estimate of drug-likeness (QED) is 0.372. The van der Waals surface area contributed by atoms with Gasteiger partial charge in [0.2, 0.25) is 0 Å². The molecule has 0 aliphatic heterocycles. The van der Waals surface area contributed by atoms with Gasteiger partial charge >= 0.3 is 0 Å². The molecule has 0 saturated heterocycles. The Labute approximate surface area is 105 Å². The molecule has 0 aliphatic rings. The number of hydrogen-bond acceptors (Lipinski definition) is 0. The summed E-state index contributed by atoms with van der Waals surface area (Å²) in [5, 5.41) is 0. The third kappa shape index (κ3) is 5.00. The second-order valence-corrected chi connectivity index (χ2v) is 11.9. The van der Waals surface area contributed by atoms with Gasteiger partial charge in [0.1, 0.15) is 0 Å². The first-order chi connectivity index (χ1) is 7.53. The lowest BCUT2D eigenvalue weighted by molar-refractivity contribution is 0.670. The Morgan fingerprint density at radius 2 is 1.94 bits per heavy atom. The van der Waals surface area contributed by atoms with Crippen LogP contribution in [0.3, 0.4) is 0 Å². The predicted octanol–water partition coefficient (Wildman–Crippen LogP) is 5.18. The standard InChI is InChI=1S/C14H21ClSi/c1-4-8-13(11-12-16(2,3)15)14-9-6-5-7-10-14/h4-7,9-10,13H,1,8,11-12H2,2-3H3. The topological polar surface area (TPSA) is 0 Å². The van der Waals surface area contributed by atoms with Crippen molar-refractivity contribution in [3.63, 3.8) is 0 Å². The molecule has 0 aromatic heterocycles. The summed E-state index contributed by atoms with van der Waals surface area (Å²) in [6.07, 6.45) is 4.24. The van der Waals surface area contributed by atoms with Gasteiger partial charge in [0.25, 0.3) is 0 Å². The first-order valence-corrected chi connectivity index (χ1v) is 10.1. The lowest BCUT2D eigenvalue weighted by atomic mass is 9.93. The molecular weight excluding hydrogens is 232 g/mol. The number of hydrogen-bond donors (Lipinski definition) is 0. The molecule has 1 atom stereocenters. The molecule has 0 nitrogen and oxygen atoms in total. The molecule has 1 aromatic rings. The van der Waals surface area contributed by atoms with Crippen molar-refractivity contribution in [3.05, 3.63) is 48.6 Å². The van der Waals surface area contributed by atoms with Gasteiger partial charge in [-0.15, -0.1) is 6.58 Å². The highest BCUT2D eigenvalue weighted by molar-refractivity contribution is 7.19. The number of halogens is 1. The average Bonchev–Trinajstić information content (AvgIpc) is 2.24.